The van der Waals surface area contributed by atoms with E-state index in [0.29, 0.717) is 6.61 Å². The number of thiol groups is 1. The summed E-state index contributed by atoms with van der Waals surface area (Å²) in [5, 5.41) is 9.04. The fraction of sp³-hybridized carbons (Fsp3) is 1.00. The van der Waals surface area contributed by atoms with Crippen molar-refractivity contribution in [2.24, 2.45) is 0 Å². The first-order chi connectivity index (χ1) is 6.16. The molecule has 0 rings (SSSR count). The van der Waals surface area contributed by atoms with Gasteiger partial charge in [-0.2, -0.15) is 12.6 Å². The lowest BCUT2D eigenvalue weighted by Gasteiger charge is -2.17. The average Bonchev–Trinajstić information content (AvgIpc) is 2.09. The molecule has 1 atom stereocenters. The Labute approximate surface area is 86.5 Å². The van der Waals surface area contributed by atoms with E-state index in [-0.39, 0.29) is 6.10 Å². The van der Waals surface area contributed by atoms with Crippen LogP contribution in [0.4, 0.5) is 0 Å². The van der Waals surface area contributed by atoms with Crippen molar-refractivity contribution >= 4 is 12.6 Å². The second kappa shape index (κ2) is 8.81. The quantitative estimate of drug-likeness (QED) is 0.452. The number of nitrogens with zero attached hydrogens (tertiary/aromatic N) is 1. The molecule has 0 saturated carbocycles. The van der Waals surface area contributed by atoms with Crippen molar-refractivity contribution in [3.05, 3.63) is 0 Å². The number of rotatable bonds is 8. The maximum Gasteiger partial charge on any atom is 0.0593 e. The van der Waals surface area contributed by atoms with Crippen LogP contribution in [0.1, 0.15) is 13.3 Å². The zero-order chi connectivity index (χ0) is 10.1. The van der Waals surface area contributed by atoms with Gasteiger partial charge in [0, 0.05) is 18.8 Å². The largest absolute Gasteiger partial charge is 0.393 e. The van der Waals surface area contributed by atoms with Crippen molar-refractivity contribution in [1.82, 2.24) is 4.90 Å². The molecule has 0 heterocycles. The lowest BCUT2D eigenvalue weighted by molar-refractivity contribution is 0.114. The van der Waals surface area contributed by atoms with E-state index >= 15 is 0 Å². The van der Waals surface area contributed by atoms with Crippen LogP contribution in [0.15, 0.2) is 0 Å². The number of aliphatic hydroxyl groups is 1. The minimum Gasteiger partial charge on any atom is -0.393 e. The van der Waals surface area contributed by atoms with E-state index in [4.69, 9.17) is 9.84 Å². The molecular weight excluding hydrogens is 186 g/mol. The van der Waals surface area contributed by atoms with Crippen LogP contribution in [0.2, 0.25) is 0 Å². The van der Waals surface area contributed by atoms with Crippen molar-refractivity contribution in [2.45, 2.75) is 19.4 Å². The van der Waals surface area contributed by atoms with Crippen LogP contribution >= 0.6 is 12.6 Å². The molecule has 0 amide bonds. The SMILES string of the molecule is CC(O)CCN(C)CCOCCS. The van der Waals surface area contributed by atoms with E-state index in [1.165, 1.54) is 0 Å². The van der Waals surface area contributed by atoms with Crippen LogP contribution < -0.4 is 0 Å². The van der Waals surface area contributed by atoms with Gasteiger partial charge in [0.05, 0.1) is 19.3 Å². The predicted octanol–water partition coefficient (Wildman–Crippen LogP) is 0.635. The number of hydrogen-bond acceptors (Lipinski definition) is 4. The Morgan fingerprint density at radius 3 is 2.62 bits per heavy atom. The first-order valence-electron chi connectivity index (χ1n) is 4.72. The molecule has 0 spiro atoms. The summed E-state index contributed by atoms with van der Waals surface area (Å²) in [5.74, 6) is 0.775. The summed E-state index contributed by atoms with van der Waals surface area (Å²) in [7, 11) is 2.03. The highest BCUT2D eigenvalue weighted by Gasteiger charge is 2.00. The second-order valence-electron chi connectivity index (χ2n) is 3.28. The molecule has 0 aliphatic heterocycles. The molecule has 0 bridgehead atoms. The molecular formula is C9H21NO2S. The van der Waals surface area contributed by atoms with Gasteiger partial charge in [0.1, 0.15) is 0 Å². The van der Waals surface area contributed by atoms with E-state index in [9.17, 15) is 0 Å². The fourth-order valence-corrected chi connectivity index (χ4v) is 1.04. The molecule has 80 valence electrons. The number of aliphatic hydroxyl groups excluding tert-OH is 1. The normalized spacial score (nSPS) is 13.6. The molecule has 0 radical (unpaired) electrons. The van der Waals surface area contributed by atoms with Gasteiger partial charge in [-0.05, 0) is 20.4 Å². The lowest BCUT2D eigenvalue weighted by atomic mass is 10.3. The third kappa shape index (κ3) is 10.1. The Bertz CT molecular complexity index is 112. The van der Waals surface area contributed by atoms with Gasteiger partial charge in [-0.15, -0.1) is 0 Å². The minimum absolute atomic E-state index is 0.208. The molecule has 0 aromatic rings. The van der Waals surface area contributed by atoms with E-state index < -0.39 is 0 Å². The third-order valence-corrected chi connectivity index (χ3v) is 1.96. The van der Waals surface area contributed by atoms with Crippen molar-refractivity contribution < 1.29 is 9.84 Å². The van der Waals surface area contributed by atoms with E-state index in [1.807, 2.05) is 14.0 Å². The Kier molecular flexibility index (Phi) is 8.97. The predicted molar refractivity (Wildman–Crippen MR) is 58.5 cm³/mol. The molecule has 0 aliphatic rings. The summed E-state index contributed by atoms with van der Waals surface area (Å²) in [6.45, 7) is 5.11. The molecule has 3 nitrogen and oxygen atoms in total. The highest BCUT2D eigenvalue weighted by Crippen LogP contribution is 1.92. The summed E-state index contributed by atoms with van der Waals surface area (Å²) in [5.41, 5.74) is 0. The summed E-state index contributed by atoms with van der Waals surface area (Å²) in [4.78, 5) is 2.16. The van der Waals surface area contributed by atoms with Gasteiger partial charge in [-0.25, -0.2) is 0 Å². The van der Waals surface area contributed by atoms with Crippen LogP contribution in [0.25, 0.3) is 0 Å². The number of likely N-dealkylation sites (N-methyl/N-ethyl adjacent to an activating group) is 1. The zero-order valence-corrected chi connectivity index (χ0v) is 9.46. The van der Waals surface area contributed by atoms with Gasteiger partial charge >= 0.3 is 0 Å². The molecule has 1 unspecified atom stereocenters. The zero-order valence-electron chi connectivity index (χ0n) is 8.57. The van der Waals surface area contributed by atoms with Crippen molar-refractivity contribution in [2.75, 3.05) is 39.1 Å². The van der Waals surface area contributed by atoms with Gasteiger partial charge in [0.25, 0.3) is 0 Å². The van der Waals surface area contributed by atoms with E-state index in [0.717, 1.165) is 31.9 Å². The van der Waals surface area contributed by atoms with Crippen molar-refractivity contribution in [3.8, 4) is 0 Å². The molecule has 13 heavy (non-hydrogen) atoms. The summed E-state index contributed by atoms with van der Waals surface area (Å²) >= 11 is 4.04. The Hall–Kier alpha value is 0.230. The molecule has 0 aromatic carbocycles. The maximum atomic E-state index is 9.04. The van der Waals surface area contributed by atoms with Crippen LogP contribution in [-0.2, 0) is 4.74 Å². The maximum absolute atomic E-state index is 9.04. The Balaban J connectivity index is 3.15. The first kappa shape index (κ1) is 13.2. The highest BCUT2D eigenvalue weighted by atomic mass is 32.1. The van der Waals surface area contributed by atoms with E-state index in [2.05, 4.69) is 17.5 Å². The fourth-order valence-electron chi connectivity index (χ4n) is 0.906. The van der Waals surface area contributed by atoms with Gasteiger partial charge in [0.15, 0.2) is 0 Å². The van der Waals surface area contributed by atoms with E-state index in [1.54, 1.807) is 0 Å². The smallest absolute Gasteiger partial charge is 0.0593 e. The second-order valence-corrected chi connectivity index (χ2v) is 3.72. The van der Waals surface area contributed by atoms with Gasteiger partial charge < -0.3 is 14.7 Å². The molecule has 0 aromatic heterocycles. The lowest BCUT2D eigenvalue weighted by Crippen LogP contribution is -2.26. The summed E-state index contributed by atoms with van der Waals surface area (Å²) in [6.07, 6.45) is 0.615. The van der Waals surface area contributed by atoms with Crippen LogP contribution in [0.5, 0.6) is 0 Å². The summed E-state index contributed by atoms with van der Waals surface area (Å²) < 4.78 is 5.28. The highest BCUT2D eigenvalue weighted by molar-refractivity contribution is 7.80. The van der Waals surface area contributed by atoms with Crippen LogP contribution in [0.3, 0.4) is 0 Å². The third-order valence-electron chi connectivity index (χ3n) is 1.78. The Morgan fingerprint density at radius 2 is 2.08 bits per heavy atom. The number of ether oxygens (including phenoxy) is 1. The first-order valence-corrected chi connectivity index (χ1v) is 5.35. The standard InChI is InChI=1S/C9H21NO2S/c1-9(11)3-4-10(2)5-6-12-7-8-13/h9,11,13H,3-8H2,1-2H3. The topological polar surface area (TPSA) is 32.7 Å². The molecule has 0 fully saturated rings. The average molecular weight is 207 g/mol. The van der Waals surface area contributed by atoms with Gasteiger partial charge in [-0.1, -0.05) is 0 Å². The summed E-state index contributed by atoms with van der Waals surface area (Å²) in [6, 6.07) is 0. The molecule has 1 N–H and O–H groups in total. The van der Waals surface area contributed by atoms with Gasteiger partial charge in [0.2, 0.25) is 0 Å². The van der Waals surface area contributed by atoms with Crippen molar-refractivity contribution in [3.63, 3.8) is 0 Å². The van der Waals surface area contributed by atoms with Gasteiger partial charge in [-0.3, -0.25) is 0 Å². The monoisotopic (exact) mass is 207 g/mol. The molecule has 0 saturated heterocycles. The Morgan fingerprint density at radius 1 is 1.38 bits per heavy atom. The van der Waals surface area contributed by atoms with Crippen LogP contribution in [0, 0.1) is 0 Å². The van der Waals surface area contributed by atoms with Crippen LogP contribution in [-0.4, -0.2) is 55.2 Å². The minimum atomic E-state index is -0.208. The van der Waals surface area contributed by atoms with Crippen molar-refractivity contribution in [1.29, 1.82) is 0 Å². The molecule has 4 heteroatoms. The number of hydrogen-bond donors (Lipinski definition) is 2. The molecule has 0 aliphatic carbocycles.